The second-order valence-corrected chi connectivity index (χ2v) is 9.82. The fourth-order valence-electron chi connectivity index (χ4n) is 3.92. The average molecular weight is 465 g/mol. The number of sulfonamides is 1. The number of rotatable bonds is 5. The van der Waals surface area contributed by atoms with E-state index in [1.807, 2.05) is 48.5 Å². The molecular weight excluding hydrogens is 440 g/mol. The highest BCUT2D eigenvalue weighted by Crippen LogP contribution is 2.36. The molecule has 33 heavy (non-hydrogen) atoms. The standard InChI is InChI=1S/C25H24N2O5S/c1-26(33(2,30)31)23-14-8-5-11-20(23)25(29)32-17-24(28)27-21-12-6-3-9-18(21)15-16-19-10-4-7-13-22(19)27/h3-14H,15-17H2,1-2H3. The van der Waals surface area contributed by atoms with Crippen molar-refractivity contribution >= 4 is 39.0 Å². The van der Waals surface area contributed by atoms with Gasteiger partial charge in [-0.1, -0.05) is 48.5 Å². The third-order valence-electron chi connectivity index (χ3n) is 5.67. The normalized spacial score (nSPS) is 12.8. The summed E-state index contributed by atoms with van der Waals surface area (Å²) in [5.74, 6) is -1.16. The summed E-state index contributed by atoms with van der Waals surface area (Å²) in [6.07, 6.45) is 2.64. The van der Waals surface area contributed by atoms with Crippen molar-refractivity contribution in [2.24, 2.45) is 0 Å². The lowest BCUT2D eigenvalue weighted by Gasteiger charge is -2.25. The van der Waals surface area contributed by atoms with Gasteiger partial charge >= 0.3 is 5.97 Å². The van der Waals surface area contributed by atoms with E-state index in [-0.39, 0.29) is 17.2 Å². The number of hydrogen-bond donors (Lipinski definition) is 0. The Morgan fingerprint density at radius 3 is 1.97 bits per heavy atom. The largest absolute Gasteiger partial charge is 0.452 e. The highest BCUT2D eigenvalue weighted by atomic mass is 32.2. The molecule has 1 aliphatic heterocycles. The molecule has 3 aromatic rings. The predicted molar refractivity (Wildman–Crippen MR) is 127 cm³/mol. The molecule has 0 bridgehead atoms. The van der Waals surface area contributed by atoms with Crippen LogP contribution in [0.4, 0.5) is 17.1 Å². The number of nitrogens with zero attached hydrogens (tertiary/aromatic N) is 2. The number of carbonyl (C=O) groups is 2. The van der Waals surface area contributed by atoms with Crippen LogP contribution >= 0.6 is 0 Å². The smallest absolute Gasteiger partial charge is 0.340 e. The fraction of sp³-hybridized carbons (Fsp3) is 0.200. The van der Waals surface area contributed by atoms with Crippen molar-refractivity contribution in [2.45, 2.75) is 12.8 Å². The second kappa shape index (κ2) is 9.07. The van der Waals surface area contributed by atoms with Crippen LogP contribution in [0, 0.1) is 0 Å². The van der Waals surface area contributed by atoms with Crippen LogP contribution in [0.25, 0.3) is 0 Å². The maximum absolute atomic E-state index is 13.3. The number of anilines is 3. The number of aryl methyl sites for hydroxylation is 2. The maximum Gasteiger partial charge on any atom is 0.340 e. The van der Waals surface area contributed by atoms with Gasteiger partial charge in [0.25, 0.3) is 5.91 Å². The van der Waals surface area contributed by atoms with Gasteiger partial charge in [-0.3, -0.25) is 14.0 Å². The van der Waals surface area contributed by atoms with Crippen LogP contribution in [0.5, 0.6) is 0 Å². The lowest BCUT2D eigenvalue weighted by molar-refractivity contribution is -0.120. The molecule has 0 saturated heterocycles. The Kier molecular flexibility index (Phi) is 6.20. The Morgan fingerprint density at radius 1 is 0.879 bits per heavy atom. The van der Waals surface area contributed by atoms with Gasteiger partial charge in [-0.05, 0) is 48.2 Å². The first-order chi connectivity index (χ1) is 15.8. The fourth-order valence-corrected chi connectivity index (χ4v) is 4.43. The molecule has 1 heterocycles. The number of benzene rings is 3. The Morgan fingerprint density at radius 2 is 1.39 bits per heavy atom. The van der Waals surface area contributed by atoms with E-state index in [9.17, 15) is 18.0 Å². The summed E-state index contributed by atoms with van der Waals surface area (Å²) in [5, 5.41) is 0. The zero-order chi connectivity index (χ0) is 23.6. The first kappa shape index (κ1) is 22.5. The number of fused-ring (bicyclic) bond motifs is 2. The molecule has 170 valence electrons. The van der Waals surface area contributed by atoms with E-state index in [4.69, 9.17) is 4.74 Å². The van der Waals surface area contributed by atoms with Crippen molar-refractivity contribution in [1.82, 2.24) is 0 Å². The molecule has 4 rings (SSSR count). The van der Waals surface area contributed by atoms with Gasteiger partial charge in [0.05, 0.1) is 28.9 Å². The molecule has 0 radical (unpaired) electrons. The third-order valence-corrected chi connectivity index (χ3v) is 6.86. The summed E-state index contributed by atoms with van der Waals surface area (Å²) in [4.78, 5) is 27.8. The van der Waals surface area contributed by atoms with E-state index >= 15 is 0 Å². The molecule has 0 atom stereocenters. The van der Waals surface area contributed by atoms with Crippen LogP contribution in [0.1, 0.15) is 21.5 Å². The van der Waals surface area contributed by atoms with E-state index in [1.54, 1.807) is 17.0 Å². The van der Waals surface area contributed by atoms with Crippen LogP contribution in [0.3, 0.4) is 0 Å². The van der Waals surface area contributed by atoms with Gasteiger partial charge in [0, 0.05) is 7.05 Å². The molecule has 1 amide bonds. The van der Waals surface area contributed by atoms with Crippen molar-refractivity contribution < 1.29 is 22.7 Å². The Balaban J connectivity index is 1.60. The highest BCUT2D eigenvalue weighted by molar-refractivity contribution is 7.92. The van der Waals surface area contributed by atoms with Crippen molar-refractivity contribution in [3.63, 3.8) is 0 Å². The second-order valence-electron chi connectivity index (χ2n) is 7.81. The molecule has 0 saturated carbocycles. The summed E-state index contributed by atoms with van der Waals surface area (Å²) >= 11 is 0. The van der Waals surface area contributed by atoms with Gasteiger partial charge in [0.1, 0.15) is 0 Å². The Hall–Kier alpha value is -3.65. The molecule has 0 aromatic heterocycles. The minimum atomic E-state index is -3.58. The van der Waals surface area contributed by atoms with Crippen LogP contribution in [-0.2, 0) is 32.4 Å². The summed E-state index contributed by atoms with van der Waals surface area (Å²) in [6, 6.07) is 21.6. The lowest BCUT2D eigenvalue weighted by Crippen LogP contribution is -2.32. The van der Waals surface area contributed by atoms with E-state index < -0.39 is 22.6 Å². The van der Waals surface area contributed by atoms with Gasteiger partial charge in [-0.15, -0.1) is 0 Å². The van der Waals surface area contributed by atoms with Gasteiger partial charge < -0.3 is 4.74 Å². The molecule has 8 heteroatoms. The zero-order valence-electron chi connectivity index (χ0n) is 18.4. The van der Waals surface area contributed by atoms with Crippen LogP contribution in [0.15, 0.2) is 72.8 Å². The molecule has 0 fully saturated rings. The van der Waals surface area contributed by atoms with Crippen molar-refractivity contribution in [1.29, 1.82) is 0 Å². The van der Waals surface area contributed by atoms with Gasteiger partial charge in [-0.2, -0.15) is 0 Å². The van der Waals surface area contributed by atoms with Gasteiger partial charge in [0.15, 0.2) is 6.61 Å². The number of carbonyl (C=O) groups excluding carboxylic acids is 2. The van der Waals surface area contributed by atoms with E-state index in [1.165, 1.54) is 19.2 Å². The highest BCUT2D eigenvalue weighted by Gasteiger charge is 2.27. The van der Waals surface area contributed by atoms with Crippen molar-refractivity contribution in [2.75, 3.05) is 29.1 Å². The first-order valence-electron chi connectivity index (χ1n) is 10.5. The zero-order valence-corrected chi connectivity index (χ0v) is 19.2. The molecule has 7 nitrogen and oxygen atoms in total. The Labute approximate surface area is 193 Å². The van der Waals surface area contributed by atoms with E-state index in [0.29, 0.717) is 0 Å². The average Bonchev–Trinajstić information content (AvgIpc) is 2.98. The van der Waals surface area contributed by atoms with E-state index in [2.05, 4.69) is 0 Å². The molecule has 1 aliphatic rings. The van der Waals surface area contributed by atoms with Gasteiger partial charge in [-0.25, -0.2) is 13.2 Å². The SMILES string of the molecule is CN(c1ccccc1C(=O)OCC(=O)N1c2ccccc2CCc2ccccc21)S(C)(=O)=O. The minimum Gasteiger partial charge on any atom is -0.452 e. The molecule has 0 N–H and O–H groups in total. The number of amides is 1. The summed E-state index contributed by atoms with van der Waals surface area (Å²) in [7, 11) is -2.22. The lowest BCUT2D eigenvalue weighted by atomic mass is 10.0. The topological polar surface area (TPSA) is 84.0 Å². The monoisotopic (exact) mass is 464 g/mol. The number of para-hydroxylation sites is 3. The molecular formula is C25H24N2O5S. The number of hydrogen-bond acceptors (Lipinski definition) is 5. The first-order valence-corrected chi connectivity index (χ1v) is 12.3. The van der Waals surface area contributed by atoms with Crippen molar-refractivity contribution in [3.8, 4) is 0 Å². The molecule has 3 aromatic carbocycles. The molecule has 0 unspecified atom stereocenters. The summed E-state index contributed by atoms with van der Waals surface area (Å²) in [6.45, 7) is -0.488. The predicted octanol–water partition coefficient (Wildman–Crippen LogP) is 3.70. The third kappa shape index (κ3) is 4.61. The Bertz CT molecular complexity index is 1270. The van der Waals surface area contributed by atoms with Crippen molar-refractivity contribution in [3.05, 3.63) is 89.5 Å². The van der Waals surface area contributed by atoms with Gasteiger partial charge in [0.2, 0.25) is 10.0 Å². The summed E-state index contributed by atoms with van der Waals surface area (Å²) in [5.41, 5.74) is 3.85. The number of ether oxygens (including phenoxy) is 1. The van der Waals surface area contributed by atoms with Crippen LogP contribution < -0.4 is 9.21 Å². The minimum absolute atomic E-state index is 0.0647. The molecule has 0 spiro atoms. The van der Waals surface area contributed by atoms with E-state index in [0.717, 1.165) is 45.9 Å². The molecule has 0 aliphatic carbocycles. The quantitative estimate of drug-likeness (QED) is 0.538. The summed E-state index contributed by atoms with van der Waals surface area (Å²) < 4.78 is 30.3. The number of esters is 1. The van der Waals surface area contributed by atoms with Crippen LogP contribution in [0.2, 0.25) is 0 Å². The maximum atomic E-state index is 13.3. The van der Waals surface area contributed by atoms with Crippen LogP contribution in [-0.4, -0.2) is 40.2 Å².